The maximum absolute atomic E-state index is 12.0. The minimum Gasteiger partial charge on any atom is -0.481 e. The van der Waals surface area contributed by atoms with Crippen molar-refractivity contribution in [2.24, 2.45) is 0 Å². The lowest BCUT2D eigenvalue weighted by molar-refractivity contribution is -0.137. The van der Waals surface area contributed by atoms with Crippen molar-refractivity contribution in [2.75, 3.05) is 0 Å². The van der Waals surface area contributed by atoms with E-state index in [4.69, 9.17) is 9.84 Å². The molecule has 0 aliphatic rings. The molecule has 0 aromatic heterocycles. The van der Waals surface area contributed by atoms with Gasteiger partial charge in [0.1, 0.15) is 5.75 Å². The number of para-hydroxylation sites is 1. The first kappa shape index (κ1) is 25.9. The highest BCUT2D eigenvalue weighted by Crippen LogP contribution is 2.19. The molecule has 0 bridgehead atoms. The average molecular weight is 417 g/mol. The van der Waals surface area contributed by atoms with E-state index >= 15 is 0 Å². The van der Waals surface area contributed by atoms with Crippen LogP contribution >= 0.6 is 0 Å². The number of hydrogen-bond donors (Lipinski definition) is 1. The zero-order chi connectivity index (χ0) is 21.9. The van der Waals surface area contributed by atoms with E-state index in [1.54, 1.807) is 24.3 Å². The molecule has 0 aliphatic heterocycles. The molecule has 0 fully saturated rings. The lowest BCUT2D eigenvalue weighted by Gasteiger charge is -2.08. The standard InChI is InChI=1S/C26H40O4/c1-2-3-4-5-6-7-8-9-10-11-12-13-14-15-16-21-26(29)30-24-20-18-17-19-23(24)22-25(27)28/h9-10,17-20H,2-8,11-16,21-22H2,1H3,(H,27,28)/b10-9-. The van der Waals surface area contributed by atoms with E-state index in [1.807, 2.05) is 0 Å². The third-order valence-electron chi connectivity index (χ3n) is 5.18. The van der Waals surface area contributed by atoms with E-state index in [-0.39, 0.29) is 12.4 Å². The van der Waals surface area contributed by atoms with Crippen LogP contribution in [-0.4, -0.2) is 17.0 Å². The Labute approximate surface area is 182 Å². The molecule has 4 heteroatoms. The van der Waals surface area contributed by atoms with Crippen LogP contribution in [0.5, 0.6) is 5.75 Å². The lowest BCUT2D eigenvalue weighted by Crippen LogP contribution is -2.10. The van der Waals surface area contributed by atoms with Gasteiger partial charge in [-0.3, -0.25) is 9.59 Å². The second kappa shape index (κ2) is 17.7. The second-order valence-corrected chi connectivity index (χ2v) is 7.99. The smallest absolute Gasteiger partial charge is 0.311 e. The van der Waals surface area contributed by atoms with Crippen molar-refractivity contribution in [3.63, 3.8) is 0 Å². The van der Waals surface area contributed by atoms with E-state index in [1.165, 1.54) is 57.8 Å². The van der Waals surface area contributed by atoms with E-state index in [0.29, 0.717) is 17.7 Å². The van der Waals surface area contributed by atoms with Crippen molar-refractivity contribution in [1.29, 1.82) is 0 Å². The van der Waals surface area contributed by atoms with Gasteiger partial charge in [-0.15, -0.1) is 0 Å². The van der Waals surface area contributed by atoms with Crippen molar-refractivity contribution in [3.8, 4) is 5.75 Å². The molecule has 1 rings (SSSR count). The SMILES string of the molecule is CCCCCCCC/C=C\CCCCCCCC(=O)Oc1ccccc1CC(=O)O. The summed E-state index contributed by atoms with van der Waals surface area (Å²) < 4.78 is 5.35. The van der Waals surface area contributed by atoms with Crippen LogP contribution in [0.25, 0.3) is 0 Å². The fourth-order valence-corrected chi connectivity index (χ4v) is 3.43. The maximum atomic E-state index is 12.0. The summed E-state index contributed by atoms with van der Waals surface area (Å²) in [5, 5.41) is 8.93. The third kappa shape index (κ3) is 14.0. The zero-order valence-electron chi connectivity index (χ0n) is 18.7. The molecule has 4 nitrogen and oxygen atoms in total. The first-order valence-electron chi connectivity index (χ1n) is 11.8. The van der Waals surface area contributed by atoms with Gasteiger partial charge in [-0.2, -0.15) is 0 Å². The Morgan fingerprint density at radius 3 is 2.03 bits per heavy atom. The van der Waals surface area contributed by atoms with Crippen LogP contribution in [0.3, 0.4) is 0 Å². The number of aliphatic carboxylic acids is 1. The summed E-state index contributed by atoms with van der Waals surface area (Å²) >= 11 is 0. The Kier molecular flexibility index (Phi) is 15.3. The molecule has 0 aliphatic carbocycles. The van der Waals surface area contributed by atoms with Crippen molar-refractivity contribution >= 4 is 11.9 Å². The topological polar surface area (TPSA) is 63.6 Å². The fraction of sp³-hybridized carbons (Fsp3) is 0.615. The zero-order valence-corrected chi connectivity index (χ0v) is 18.7. The predicted molar refractivity (Wildman–Crippen MR) is 123 cm³/mol. The molecule has 0 saturated carbocycles. The van der Waals surface area contributed by atoms with Crippen LogP contribution in [0, 0.1) is 0 Å². The predicted octanol–water partition coefficient (Wildman–Crippen LogP) is 7.26. The van der Waals surface area contributed by atoms with Crippen molar-refractivity contribution in [3.05, 3.63) is 42.0 Å². The van der Waals surface area contributed by atoms with Gasteiger partial charge in [-0.05, 0) is 38.2 Å². The summed E-state index contributed by atoms with van der Waals surface area (Å²) in [5.74, 6) is -0.862. The number of benzene rings is 1. The maximum Gasteiger partial charge on any atom is 0.311 e. The Morgan fingerprint density at radius 1 is 0.833 bits per heavy atom. The summed E-state index contributed by atoms with van der Waals surface area (Å²) in [4.78, 5) is 22.9. The molecule has 0 amide bonds. The van der Waals surface area contributed by atoms with E-state index in [0.717, 1.165) is 25.7 Å². The highest BCUT2D eigenvalue weighted by atomic mass is 16.5. The lowest BCUT2D eigenvalue weighted by atomic mass is 10.1. The molecule has 1 aromatic rings. The van der Waals surface area contributed by atoms with Crippen LogP contribution in [0.1, 0.15) is 102 Å². The van der Waals surface area contributed by atoms with Crippen molar-refractivity contribution in [1.82, 2.24) is 0 Å². The van der Waals surface area contributed by atoms with Gasteiger partial charge in [-0.25, -0.2) is 0 Å². The van der Waals surface area contributed by atoms with Crippen LogP contribution in [-0.2, 0) is 16.0 Å². The number of carbonyl (C=O) groups is 2. The molecule has 0 unspecified atom stereocenters. The van der Waals surface area contributed by atoms with Gasteiger partial charge in [0.05, 0.1) is 6.42 Å². The van der Waals surface area contributed by atoms with Gasteiger partial charge in [0.25, 0.3) is 0 Å². The Bertz CT molecular complexity index is 621. The molecule has 0 spiro atoms. The fourth-order valence-electron chi connectivity index (χ4n) is 3.43. The number of carboxylic acid groups (broad SMARTS) is 1. The Balaban J connectivity index is 2.00. The molecular formula is C26H40O4. The summed E-state index contributed by atoms with van der Waals surface area (Å²) in [6, 6.07) is 6.82. The average Bonchev–Trinajstić information content (AvgIpc) is 2.72. The van der Waals surface area contributed by atoms with Gasteiger partial charge in [0, 0.05) is 12.0 Å². The summed E-state index contributed by atoms with van der Waals surface area (Å²) in [6.07, 6.45) is 20.7. The number of rotatable bonds is 18. The van der Waals surface area contributed by atoms with Gasteiger partial charge in [0.15, 0.2) is 0 Å². The Morgan fingerprint density at radius 2 is 1.40 bits per heavy atom. The third-order valence-corrected chi connectivity index (χ3v) is 5.18. The van der Waals surface area contributed by atoms with Gasteiger partial charge in [0.2, 0.25) is 0 Å². The highest BCUT2D eigenvalue weighted by molar-refractivity contribution is 5.75. The number of carboxylic acids is 1. The minimum absolute atomic E-state index is 0.142. The monoisotopic (exact) mass is 416 g/mol. The summed E-state index contributed by atoms with van der Waals surface area (Å²) in [6.45, 7) is 2.25. The van der Waals surface area contributed by atoms with Gasteiger partial charge >= 0.3 is 11.9 Å². The second-order valence-electron chi connectivity index (χ2n) is 7.99. The van der Waals surface area contributed by atoms with Crippen LogP contribution < -0.4 is 4.74 Å². The molecule has 0 radical (unpaired) electrons. The molecule has 30 heavy (non-hydrogen) atoms. The molecular weight excluding hydrogens is 376 g/mol. The summed E-state index contributed by atoms with van der Waals surface area (Å²) in [5.41, 5.74) is 0.530. The largest absolute Gasteiger partial charge is 0.481 e. The molecule has 0 heterocycles. The van der Waals surface area contributed by atoms with E-state index in [9.17, 15) is 9.59 Å². The quantitative estimate of drug-likeness (QED) is 0.118. The molecule has 168 valence electrons. The Hall–Kier alpha value is -2.10. The summed E-state index contributed by atoms with van der Waals surface area (Å²) in [7, 11) is 0. The number of allylic oxidation sites excluding steroid dienone is 2. The van der Waals surface area contributed by atoms with Crippen LogP contribution in [0.4, 0.5) is 0 Å². The minimum atomic E-state index is -0.934. The molecule has 0 saturated heterocycles. The van der Waals surface area contributed by atoms with E-state index in [2.05, 4.69) is 19.1 Å². The van der Waals surface area contributed by atoms with Gasteiger partial charge < -0.3 is 9.84 Å². The molecule has 1 N–H and O–H groups in total. The normalized spacial score (nSPS) is 11.1. The highest BCUT2D eigenvalue weighted by Gasteiger charge is 2.11. The van der Waals surface area contributed by atoms with Crippen LogP contribution in [0.15, 0.2) is 36.4 Å². The molecule has 0 atom stereocenters. The number of unbranched alkanes of at least 4 members (excludes halogenated alkanes) is 11. The first-order chi connectivity index (χ1) is 14.6. The van der Waals surface area contributed by atoms with E-state index < -0.39 is 5.97 Å². The number of carbonyl (C=O) groups excluding carboxylic acids is 1. The van der Waals surface area contributed by atoms with Crippen molar-refractivity contribution in [2.45, 2.75) is 103 Å². The van der Waals surface area contributed by atoms with Crippen molar-refractivity contribution < 1.29 is 19.4 Å². The number of hydrogen-bond acceptors (Lipinski definition) is 3. The van der Waals surface area contributed by atoms with Crippen LogP contribution in [0.2, 0.25) is 0 Å². The van der Waals surface area contributed by atoms with Gasteiger partial charge in [-0.1, -0.05) is 88.6 Å². The number of esters is 1. The first-order valence-corrected chi connectivity index (χ1v) is 11.8. The molecule has 1 aromatic carbocycles. The number of ether oxygens (including phenoxy) is 1.